The van der Waals surface area contributed by atoms with Crippen molar-refractivity contribution in [3.63, 3.8) is 0 Å². The van der Waals surface area contributed by atoms with E-state index in [9.17, 15) is 0 Å². The Morgan fingerprint density at radius 1 is 1.26 bits per heavy atom. The lowest BCUT2D eigenvalue weighted by molar-refractivity contribution is 0.131. The molecule has 1 N–H and O–H groups in total. The van der Waals surface area contributed by atoms with Gasteiger partial charge in [0, 0.05) is 30.6 Å². The lowest BCUT2D eigenvalue weighted by atomic mass is 10.0. The van der Waals surface area contributed by atoms with Crippen LogP contribution in [0.1, 0.15) is 55.2 Å². The number of hydrogen-bond acceptors (Lipinski definition) is 3. The molecule has 0 aliphatic carbocycles. The van der Waals surface area contributed by atoms with Gasteiger partial charge in [0.2, 0.25) is 0 Å². The summed E-state index contributed by atoms with van der Waals surface area (Å²) in [5.74, 6) is 0. The molecule has 1 atom stereocenters. The van der Waals surface area contributed by atoms with Gasteiger partial charge in [0.05, 0.1) is 6.61 Å². The van der Waals surface area contributed by atoms with E-state index >= 15 is 0 Å². The second-order valence-electron chi connectivity index (χ2n) is 5.22. The summed E-state index contributed by atoms with van der Waals surface area (Å²) in [5, 5.41) is 3.51. The lowest BCUT2D eigenvalue weighted by Crippen LogP contribution is -2.25. The Kier molecular flexibility index (Phi) is 7.03. The zero-order chi connectivity index (χ0) is 14.3. The third kappa shape index (κ3) is 5.29. The van der Waals surface area contributed by atoms with Gasteiger partial charge in [0.15, 0.2) is 0 Å². The Hall–Kier alpha value is -0.930. The van der Waals surface area contributed by atoms with E-state index in [4.69, 9.17) is 4.74 Å². The average Bonchev–Trinajstić information content (AvgIpc) is 2.32. The maximum absolute atomic E-state index is 5.56. The molecule has 0 amide bonds. The van der Waals surface area contributed by atoms with Crippen molar-refractivity contribution in [3.8, 4) is 0 Å². The molecule has 1 unspecified atom stereocenters. The Morgan fingerprint density at radius 2 is 2.00 bits per heavy atom. The van der Waals surface area contributed by atoms with Crippen LogP contribution in [0.2, 0.25) is 0 Å². The van der Waals surface area contributed by atoms with Gasteiger partial charge in [-0.3, -0.25) is 4.98 Å². The first-order chi connectivity index (χ1) is 9.06. The molecule has 3 nitrogen and oxygen atoms in total. The van der Waals surface area contributed by atoms with Gasteiger partial charge in [-0.1, -0.05) is 13.3 Å². The summed E-state index contributed by atoms with van der Waals surface area (Å²) in [4.78, 5) is 4.55. The van der Waals surface area contributed by atoms with E-state index in [0.29, 0.717) is 6.04 Å². The Labute approximate surface area is 117 Å². The molecule has 0 fully saturated rings. The molecule has 1 rings (SSSR count). The molecule has 0 radical (unpaired) electrons. The predicted molar refractivity (Wildman–Crippen MR) is 80.6 cm³/mol. The minimum absolute atomic E-state index is 0.322. The Bertz CT molecular complexity index is 367. The van der Waals surface area contributed by atoms with Gasteiger partial charge in [-0.15, -0.1) is 0 Å². The monoisotopic (exact) mass is 264 g/mol. The van der Waals surface area contributed by atoms with Gasteiger partial charge < -0.3 is 10.1 Å². The second kappa shape index (κ2) is 8.28. The molecule has 1 aromatic rings. The summed E-state index contributed by atoms with van der Waals surface area (Å²) < 4.78 is 5.56. The van der Waals surface area contributed by atoms with Crippen LogP contribution in [-0.2, 0) is 4.74 Å². The zero-order valence-electron chi connectivity index (χ0n) is 13.0. The third-order valence-electron chi connectivity index (χ3n) is 3.36. The molecule has 0 saturated carbocycles. The van der Waals surface area contributed by atoms with Crippen molar-refractivity contribution in [3.05, 3.63) is 28.6 Å². The number of aromatic nitrogens is 1. The summed E-state index contributed by atoms with van der Waals surface area (Å²) in [6, 6.07) is 2.47. The number of aryl methyl sites for hydroxylation is 3. The van der Waals surface area contributed by atoms with Crippen LogP contribution in [0, 0.1) is 20.8 Å². The SMILES string of the molecule is CCCCOCCNC(C)c1c(C)cc(C)nc1C. The van der Waals surface area contributed by atoms with Gasteiger partial charge in [0.1, 0.15) is 0 Å². The van der Waals surface area contributed by atoms with Crippen LogP contribution in [-0.4, -0.2) is 24.7 Å². The van der Waals surface area contributed by atoms with E-state index in [-0.39, 0.29) is 0 Å². The fourth-order valence-corrected chi connectivity index (χ4v) is 2.49. The van der Waals surface area contributed by atoms with E-state index in [2.05, 4.69) is 44.1 Å². The van der Waals surface area contributed by atoms with Crippen molar-refractivity contribution in [2.75, 3.05) is 19.8 Å². The number of unbranched alkanes of at least 4 members (excludes halogenated alkanes) is 1. The molecular weight excluding hydrogens is 236 g/mol. The Morgan fingerprint density at radius 3 is 2.63 bits per heavy atom. The average molecular weight is 264 g/mol. The largest absolute Gasteiger partial charge is 0.380 e. The highest BCUT2D eigenvalue weighted by Crippen LogP contribution is 2.20. The molecule has 1 aromatic heterocycles. The first kappa shape index (κ1) is 16.1. The van der Waals surface area contributed by atoms with Crippen molar-refractivity contribution in [2.45, 2.75) is 53.5 Å². The highest BCUT2D eigenvalue weighted by molar-refractivity contribution is 5.33. The summed E-state index contributed by atoms with van der Waals surface area (Å²) in [6.45, 7) is 13.2. The summed E-state index contributed by atoms with van der Waals surface area (Å²) in [6.07, 6.45) is 2.34. The minimum Gasteiger partial charge on any atom is -0.380 e. The van der Waals surface area contributed by atoms with E-state index in [1.54, 1.807) is 0 Å². The highest BCUT2D eigenvalue weighted by Gasteiger charge is 2.12. The fraction of sp³-hybridized carbons (Fsp3) is 0.688. The van der Waals surface area contributed by atoms with E-state index in [0.717, 1.165) is 37.6 Å². The van der Waals surface area contributed by atoms with Crippen molar-refractivity contribution in [1.29, 1.82) is 0 Å². The molecule has 0 spiro atoms. The molecule has 1 heterocycles. The maximum atomic E-state index is 5.56. The van der Waals surface area contributed by atoms with E-state index in [1.165, 1.54) is 17.5 Å². The smallest absolute Gasteiger partial charge is 0.0591 e. The molecule has 0 saturated heterocycles. The molecule has 19 heavy (non-hydrogen) atoms. The normalized spacial score (nSPS) is 12.7. The molecule has 0 bridgehead atoms. The highest BCUT2D eigenvalue weighted by atomic mass is 16.5. The van der Waals surface area contributed by atoms with Gasteiger partial charge in [-0.2, -0.15) is 0 Å². The molecule has 3 heteroatoms. The van der Waals surface area contributed by atoms with Crippen molar-refractivity contribution in [1.82, 2.24) is 10.3 Å². The topological polar surface area (TPSA) is 34.1 Å². The number of rotatable bonds is 8. The van der Waals surface area contributed by atoms with Crippen LogP contribution in [0.15, 0.2) is 6.07 Å². The van der Waals surface area contributed by atoms with Crippen LogP contribution < -0.4 is 5.32 Å². The molecule has 0 aliphatic heterocycles. The molecule has 108 valence electrons. The van der Waals surface area contributed by atoms with Crippen LogP contribution in [0.4, 0.5) is 0 Å². The Balaban J connectivity index is 2.43. The van der Waals surface area contributed by atoms with Crippen molar-refractivity contribution in [2.24, 2.45) is 0 Å². The second-order valence-corrected chi connectivity index (χ2v) is 5.22. The number of pyridine rings is 1. The summed E-state index contributed by atoms with van der Waals surface area (Å²) >= 11 is 0. The summed E-state index contributed by atoms with van der Waals surface area (Å²) in [7, 11) is 0. The lowest BCUT2D eigenvalue weighted by Gasteiger charge is -2.19. The fourth-order valence-electron chi connectivity index (χ4n) is 2.49. The standard InChI is InChI=1S/C16H28N2O/c1-6-7-9-19-10-8-17-14(4)16-12(2)11-13(3)18-15(16)5/h11,14,17H,6-10H2,1-5H3. The van der Waals surface area contributed by atoms with E-state index in [1.807, 2.05) is 6.92 Å². The number of nitrogens with one attached hydrogen (secondary N) is 1. The van der Waals surface area contributed by atoms with Crippen LogP contribution >= 0.6 is 0 Å². The quantitative estimate of drug-likeness (QED) is 0.730. The van der Waals surface area contributed by atoms with Gasteiger partial charge in [0.25, 0.3) is 0 Å². The zero-order valence-corrected chi connectivity index (χ0v) is 13.0. The first-order valence-electron chi connectivity index (χ1n) is 7.32. The van der Waals surface area contributed by atoms with Gasteiger partial charge in [-0.25, -0.2) is 0 Å². The molecular formula is C16H28N2O. The molecule has 0 aromatic carbocycles. The van der Waals surface area contributed by atoms with Crippen molar-refractivity contribution >= 4 is 0 Å². The van der Waals surface area contributed by atoms with Crippen LogP contribution in [0.5, 0.6) is 0 Å². The van der Waals surface area contributed by atoms with Crippen LogP contribution in [0.25, 0.3) is 0 Å². The van der Waals surface area contributed by atoms with Gasteiger partial charge >= 0.3 is 0 Å². The van der Waals surface area contributed by atoms with Crippen LogP contribution in [0.3, 0.4) is 0 Å². The molecule has 0 aliphatic rings. The number of ether oxygens (including phenoxy) is 1. The predicted octanol–water partition coefficient (Wildman–Crippen LogP) is 3.47. The number of nitrogens with zero attached hydrogens (tertiary/aromatic N) is 1. The summed E-state index contributed by atoms with van der Waals surface area (Å²) in [5.41, 5.74) is 4.86. The van der Waals surface area contributed by atoms with E-state index < -0.39 is 0 Å². The minimum atomic E-state index is 0.322. The van der Waals surface area contributed by atoms with Crippen molar-refractivity contribution < 1.29 is 4.74 Å². The van der Waals surface area contributed by atoms with Gasteiger partial charge in [-0.05, 0) is 51.3 Å². The first-order valence-corrected chi connectivity index (χ1v) is 7.32. The maximum Gasteiger partial charge on any atom is 0.0591 e. The third-order valence-corrected chi connectivity index (χ3v) is 3.36. The number of hydrogen-bond donors (Lipinski definition) is 1.